The standard InChI is InChI=1S/C6H4BrCl2N3O.C2H6/c7-3-1-4(8)6(10-2-11-13)12-5(3)9;1-2/h1-2,13H,(H,10,11,12);1-2H3. The van der Waals surface area contributed by atoms with Gasteiger partial charge in [-0.05, 0) is 22.0 Å². The Bertz CT molecular complexity index is 347. The molecule has 0 radical (unpaired) electrons. The van der Waals surface area contributed by atoms with Crippen molar-refractivity contribution in [2.75, 3.05) is 0 Å². The molecule has 4 nitrogen and oxygen atoms in total. The second-order valence-electron chi connectivity index (χ2n) is 1.95. The number of pyridine rings is 1. The van der Waals surface area contributed by atoms with Crippen molar-refractivity contribution >= 4 is 51.3 Å². The number of nitrogens with zero attached hydrogens (tertiary/aromatic N) is 2. The maximum Gasteiger partial charge on any atom is 0.174 e. The smallest absolute Gasteiger partial charge is 0.174 e. The van der Waals surface area contributed by atoms with Gasteiger partial charge in [0.15, 0.2) is 5.82 Å². The van der Waals surface area contributed by atoms with Crippen molar-refractivity contribution in [2.45, 2.75) is 13.8 Å². The third-order valence-electron chi connectivity index (χ3n) is 1.11. The summed E-state index contributed by atoms with van der Waals surface area (Å²) in [5, 5.41) is 8.82. The van der Waals surface area contributed by atoms with E-state index >= 15 is 0 Å². The van der Waals surface area contributed by atoms with Crippen molar-refractivity contribution in [3.8, 4) is 0 Å². The van der Waals surface area contributed by atoms with E-state index in [0.717, 1.165) is 6.34 Å². The van der Waals surface area contributed by atoms with Crippen LogP contribution in [0.1, 0.15) is 13.8 Å². The maximum absolute atomic E-state index is 8.23. The summed E-state index contributed by atoms with van der Waals surface area (Å²) in [5.41, 5.74) is 1.73. The van der Waals surface area contributed by atoms with Crippen LogP contribution < -0.4 is 5.48 Å². The Morgan fingerprint density at radius 1 is 1.53 bits per heavy atom. The molecule has 1 heterocycles. The van der Waals surface area contributed by atoms with Crippen LogP contribution in [-0.2, 0) is 0 Å². The number of rotatable bonds is 2. The van der Waals surface area contributed by atoms with Gasteiger partial charge in [0.05, 0.1) is 9.50 Å². The van der Waals surface area contributed by atoms with Crippen LogP contribution in [0.5, 0.6) is 0 Å². The fourth-order valence-corrected chi connectivity index (χ4v) is 1.40. The molecule has 0 aliphatic rings. The summed E-state index contributed by atoms with van der Waals surface area (Å²) in [6, 6.07) is 1.57. The predicted octanol–water partition coefficient (Wildman–Crippen LogP) is 3.82. The van der Waals surface area contributed by atoms with Crippen molar-refractivity contribution < 1.29 is 5.21 Å². The van der Waals surface area contributed by atoms with Crippen molar-refractivity contribution in [3.63, 3.8) is 0 Å². The molecule has 0 bridgehead atoms. The van der Waals surface area contributed by atoms with Crippen molar-refractivity contribution in [3.05, 3.63) is 20.7 Å². The summed E-state index contributed by atoms with van der Waals surface area (Å²) in [7, 11) is 0. The zero-order valence-electron chi connectivity index (χ0n) is 8.13. The lowest BCUT2D eigenvalue weighted by molar-refractivity contribution is 0.240. The Hall–Kier alpha value is -0.360. The van der Waals surface area contributed by atoms with Crippen LogP contribution in [0.2, 0.25) is 10.2 Å². The summed E-state index contributed by atoms with van der Waals surface area (Å²) in [6.45, 7) is 4.00. The third-order valence-corrected chi connectivity index (χ3v) is 2.51. The Kier molecular flexibility index (Phi) is 7.68. The first-order valence-corrected chi connectivity index (χ1v) is 5.63. The van der Waals surface area contributed by atoms with Gasteiger partial charge in [-0.15, -0.1) is 0 Å². The Labute approximate surface area is 106 Å². The zero-order valence-corrected chi connectivity index (χ0v) is 11.2. The highest BCUT2D eigenvalue weighted by Crippen LogP contribution is 2.30. The van der Waals surface area contributed by atoms with E-state index in [2.05, 4.69) is 25.9 Å². The normalized spacial score (nSPS) is 9.73. The van der Waals surface area contributed by atoms with Crippen molar-refractivity contribution in [1.82, 2.24) is 10.5 Å². The molecule has 1 rings (SSSR count). The van der Waals surface area contributed by atoms with Gasteiger partial charge < -0.3 is 0 Å². The topological polar surface area (TPSA) is 57.5 Å². The minimum atomic E-state index is 0.233. The molecule has 1 aromatic rings. The average Bonchev–Trinajstić information content (AvgIpc) is 2.24. The summed E-state index contributed by atoms with van der Waals surface area (Å²) in [6.07, 6.45) is 1.04. The quantitative estimate of drug-likeness (QED) is 0.377. The van der Waals surface area contributed by atoms with Crippen LogP contribution in [0.25, 0.3) is 0 Å². The summed E-state index contributed by atoms with van der Waals surface area (Å²) in [4.78, 5) is 7.54. The van der Waals surface area contributed by atoms with Crippen LogP contribution in [0.3, 0.4) is 0 Å². The van der Waals surface area contributed by atoms with Gasteiger partial charge >= 0.3 is 0 Å². The highest BCUT2D eigenvalue weighted by atomic mass is 79.9. The van der Waals surface area contributed by atoms with Gasteiger partial charge in [-0.25, -0.2) is 9.98 Å². The first-order chi connectivity index (χ1) is 7.15. The highest BCUT2D eigenvalue weighted by Gasteiger charge is 2.05. The lowest BCUT2D eigenvalue weighted by Gasteiger charge is -1.99. The number of hydrogen-bond acceptors (Lipinski definition) is 3. The molecular formula is C8H10BrCl2N3O. The fraction of sp³-hybridized carbons (Fsp3) is 0.250. The van der Waals surface area contributed by atoms with E-state index < -0.39 is 0 Å². The minimum absolute atomic E-state index is 0.233. The van der Waals surface area contributed by atoms with Gasteiger partial charge in [0.2, 0.25) is 0 Å². The van der Waals surface area contributed by atoms with Crippen LogP contribution >= 0.6 is 39.1 Å². The fourth-order valence-electron chi connectivity index (χ4n) is 0.616. The second kappa shape index (κ2) is 7.87. The molecule has 0 aliphatic heterocycles. The Morgan fingerprint density at radius 3 is 2.67 bits per heavy atom. The van der Waals surface area contributed by atoms with Crippen molar-refractivity contribution in [2.24, 2.45) is 4.99 Å². The number of halogens is 3. The maximum atomic E-state index is 8.23. The number of nitrogens with one attached hydrogen (secondary N) is 1. The van der Waals surface area contributed by atoms with Crippen LogP contribution in [0.4, 0.5) is 5.82 Å². The molecule has 0 spiro atoms. The van der Waals surface area contributed by atoms with E-state index in [1.54, 1.807) is 11.5 Å². The van der Waals surface area contributed by atoms with Gasteiger partial charge in [-0.2, -0.15) is 0 Å². The number of aliphatic imine (C=N–C) groups is 1. The molecule has 2 N–H and O–H groups in total. The molecule has 84 valence electrons. The Morgan fingerprint density at radius 2 is 2.13 bits per heavy atom. The first-order valence-electron chi connectivity index (χ1n) is 4.09. The molecule has 0 saturated carbocycles. The molecule has 0 aliphatic carbocycles. The van der Waals surface area contributed by atoms with Crippen LogP contribution in [0, 0.1) is 0 Å². The molecule has 0 amide bonds. The summed E-state index contributed by atoms with van der Waals surface area (Å²) >= 11 is 14.6. The van der Waals surface area contributed by atoms with E-state index in [1.807, 2.05) is 13.8 Å². The van der Waals surface area contributed by atoms with Gasteiger partial charge in [-0.1, -0.05) is 37.0 Å². The van der Waals surface area contributed by atoms with E-state index in [1.165, 1.54) is 0 Å². The van der Waals surface area contributed by atoms with Crippen molar-refractivity contribution in [1.29, 1.82) is 0 Å². The zero-order chi connectivity index (χ0) is 11.8. The second-order valence-corrected chi connectivity index (χ2v) is 3.57. The monoisotopic (exact) mass is 313 g/mol. The summed E-state index contributed by atoms with van der Waals surface area (Å²) < 4.78 is 0.593. The first kappa shape index (κ1) is 14.6. The molecular weight excluding hydrogens is 305 g/mol. The molecule has 0 aromatic carbocycles. The minimum Gasteiger partial charge on any atom is -0.290 e. The largest absolute Gasteiger partial charge is 0.290 e. The predicted molar refractivity (Wildman–Crippen MR) is 66.4 cm³/mol. The Balaban J connectivity index is 0.000000921. The molecule has 0 atom stereocenters. The SMILES string of the molecule is CC.ONC=Nc1nc(Cl)c(Br)cc1Cl. The summed E-state index contributed by atoms with van der Waals surface area (Å²) in [5.74, 6) is 0.233. The van der Waals surface area contributed by atoms with Crippen LogP contribution in [0.15, 0.2) is 15.5 Å². The third kappa shape index (κ3) is 4.79. The molecule has 7 heteroatoms. The number of hydroxylamine groups is 1. The average molecular weight is 315 g/mol. The van der Waals surface area contributed by atoms with Crippen LogP contribution in [-0.4, -0.2) is 16.5 Å². The van der Waals surface area contributed by atoms with E-state index in [-0.39, 0.29) is 11.0 Å². The molecule has 1 aromatic heterocycles. The molecule has 0 fully saturated rings. The van der Waals surface area contributed by atoms with E-state index in [4.69, 9.17) is 28.4 Å². The van der Waals surface area contributed by atoms with E-state index in [9.17, 15) is 0 Å². The lowest BCUT2D eigenvalue weighted by Crippen LogP contribution is -2.01. The molecule has 0 saturated heterocycles. The number of hydrogen-bond donors (Lipinski definition) is 2. The highest BCUT2D eigenvalue weighted by molar-refractivity contribution is 9.10. The van der Waals surface area contributed by atoms with Gasteiger partial charge in [0.1, 0.15) is 11.5 Å². The lowest BCUT2D eigenvalue weighted by atomic mass is 10.5. The van der Waals surface area contributed by atoms with Gasteiger partial charge in [0.25, 0.3) is 0 Å². The molecule has 15 heavy (non-hydrogen) atoms. The van der Waals surface area contributed by atoms with Gasteiger partial charge in [-0.3, -0.25) is 10.7 Å². The molecule has 0 unspecified atom stereocenters. The number of aromatic nitrogens is 1. The van der Waals surface area contributed by atoms with E-state index in [0.29, 0.717) is 9.50 Å². The van der Waals surface area contributed by atoms with Gasteiger partial charge in [0, 0.05) is 0 Å².